The lowest BCUT2D eigenvalue weighted by atomic mass is 9.92. The Balaban J connectivity index is 2.92. The molecule has 0 aromatic heterocycles. The minimum atomic E-state index is -3.40. The lowest BCUT2D eigenvalue weighted by Gasteiger charge is -2.20. The minimum absolute atomic E-state index is 0.225. The molecule has 108 valence electrons. The fourth-order valence-corrected chi connectivity index (χ4v) is 2.67. The van der Waals surface area contributed by atoms with E-state index in [1.54, 1.807) is 32.3 Å². The maximum atomic E-state index is 12.2. The molecular formula is C14H24N2O2S. The third-order valence-corrected chi connectivity index (χ3v) is 4.71. The summed E-state index contributed by atoms with van der Waals surface area (Å²) < 4.78 is 25.6. The van der Waals surface area contributed by atoms with Gasteiger partial charge >= 0.3 is 0 Å². The van der Waals surface area contributed by atoms with E-state index in [4.69, 9.17) is 0 Å². The molecule has 0 saturated carbocycles. The molecule has 0 aliphatic heterocycles. The second-order valence-electron chi connectivity index (χ2n) is 6.02. The lowest BCUT2D eigenvalue weighted by Crippen LogP contribution is -2.23. The lowest BCUT2D eigenvalue weighted by molar-refractivity contribution is 0.389. The van der Waals surface area contributed by atoms with E-state index in [0.717, 1.165) is 13.0 Å². The summed E-state index contributed by atoms with van der Waals surface area (Å²) in [6.07, 6.45) is 0.976. The van der Waals surface area contributed by atoms with E-state index in [0.29, 0.717) is 10.6 Å². The summed E-state index contributed by atoms with van der Waals surface area (Å²) in [6, 6.07) is 7.02. The summed E-state index contributed by atoms with van der Waals surface area (Å²) in [4.78, 5) is 0.328. The molecule has 0 radical (unpaired) electrons. The maximum Gasteiger partial charge on any atom is 0.244 e. The van der Waals surface area contributed by atoms with E-state index in [9.17, 15) is 8.42 Å². The first-order chi connectivity index (χ1) is 8.64. The molecule has 0 spiro atoms. The van der Waals surface area contributed by atoms with Gasteiger partial charge in [-0.3, -0.25) is 0 Å². The van der Waals surface area contributed by atoms with Crippen LogP contribution in [0.15, 0.2) is 29.2 Å². The summed E-state index contributed by atoms with van der Waals surface area (Å²) in [5.41, 5.74) is 0.892. The number of para-hydroxylation sites is 1. The fraction of sp³-hybridized carbons (Fsp3) is 0.571. The Morgan fingerprint density at radius 2 is 1.74 bits per heavy atom. The van der Waals surface area contributed by atoms with Crippen LogP contribution in [0.3, 0.4) is 0 Å². The number of anilines is 1. The molecule has 0 heterocycles. The number of sulfonamides is 1. The zero-order chi connectivity index (χ0) is 14.7. The zero-order valence-electron chi connectivity index (χ0n) is 12.4. The normalized spacial score (nSPS) is 12.7. The van der Waals surface area contributed by atoms with Crippen LogP contribution in [-0.4, -0.2) is 33.4 Å². The number of benzene rings is 1. The Morgan fingerprint density at radius 1 is 1.16 bits per heavy atom. The van der Waals surface area contributed by atoms with E-state index in [2.05, 4.69) is 26.1 Å². The van der Waals surface area contributed by atoms with Gasteiger partial charge in [0.2, 0.25) is 10.0 Å². The summed E-state index contributed by atoms with van der Waals surface area (Å²) in [7, 11) is -0.317. The van der Waals surface area contributed by atoms with Gasteiger partial charge < -0.3 is 5.32 Å². The van der Waals surface area contributed by atoms with Gasteiger partial charge in [-0.2, -0.15) is 0 Å². The van der Waals surface area contributed by atoms with Crippen molar-refractivity contribution in [2.24, 2.45) is 5.41 Å². The molecule has 4 nitrogen and oxygen atoms in total. The van der Waals surface area contributed by atoms with Crippen molar-refractivity contribution in [1.29, 1.82) is 0 Å². The average Bonchev–Trinajstić information content (AvgIpc) is 2.27. The highest BCUT2D eigenvalue weighted by Gasteiger charge is 2.20. The van der Waals surface area contributed by atoms with Crippen LogP contribution in [-0.2, 0) is 10.0 Å². The van der Waals surface area contributed by atoms with Gasteiger partial charge in [-0.05, 0) is 24.0 Å². The van der Waals surface area contributed by atoms with Crippen LogP contribution in [0, 0.1) is 5.41 Å². The van der Waals surface area contributed by atoms with Gasteiger partial charge in [-0.25, -0.2) is 12.7 Å². The van der Waals surface area contributed by atoms with Crippen LogP contribution in [0.4, 0.5) is 5.69 Å². The quantitative estimate of drug-likeness (QED) is 0.904. The van der Waals surface area contributed by atoms with Crippen LogP contribution in [0.25, 0.3) is 0 Å². The molecule has 0 unspecified atom stereocenters. The first-order valence-corrected chi connectivity index (χ1v) is 7.84. The van der Waals surface area contributed by atoms with Crippen molar-refractivity contribution in [3.8, 4) is 0 Å². The first-order valence-electron chi connectivity index (χ1n) is 6.40. The highest BCUT2D eigenvalue weighted by molar-refractivity contribution is 7.89. The molecule has 19 heavy (non-hydrogen) atoms. The van der Waals surface area contributed by atoms with Crippen molar-refractivity contribution in [2.45, 2.75) is 32.1 Å². The Bertz CT molecular complexity index is 516. The van der Waals surface area contributed by atoms with Crippen LogP contribution in [0.1, 0.15) is 27.2 Å². The van der Waals surface area contributed by atoms with Crippen molar-refractivity contribution in [1.82, 2.24) is 4.31 Å². The standard InChI is InChI=1S/C14H24N2O2S/c1-14(2,3)10-11-15-12-8-6-7-9-13(12)19(17,18)16(4)5/h6-9,15H,10-11H2,1-5H3. The second kappa shape index (κ2) is 5.92. The van der Waals surface area contributed by atoms with Gasteiger partial charge in [-0.1, -0.05) is 32.9 Å². The Morgan fingerprint density at radius 3 is 2.26 bits per heavy atom. The molecule has 0 aliphatic rings. The van der Waals surface area contributed by atoms with E-state index < -0.39 is 10.0 Å². The zero-order valence-corrected chi connectivity index (χ0v) is 13.2. The molecule has 0 bridgehead atoms. The molecule has 1 N–H and O–H groups in total. The van der Waals surface area contributed by atoms with Crippen LogP contribution in [0.5, 0.6) is 0 Å². The smallest absolute Gasteiger partial charge is 0.244 e. The number of hydrogen-bond donors (Lipinski definition) is 1. The average molecular weight is 284 g/mol. The van der Waals surface area contributed by atoms with Crippen LogP contribution in [0.2, 0.25) is 0 Å². The summed E-state index contributed by atoms with van der Waals surface area (Å²) in [6.45, 7) is 7.24. The van der Waals surface area contributed by atoms with Gasteiger partial charge in [0.15, 0.2) is 0 Å². The van der Waals surface area contributed by atoms with Crippen molar-refractivity contribution in [2.75, 3.05) is 26.0 Å². The minimum Gasteiger partial charge on any atom is -0.384 e. The SMILES string of the molecule is CN(C)S(=O)(=O)c1ccccc1NCCC(C)(C)C. The highest BCUT2D eigenvalue weighted by atomic mass is 32.2. The van der Waals surface area contributed by atoms with Gasteiger partial charge in [0.25, 0.3) is 0 Å². The monoisotopic (exact) mass is 284 g/mol. The molecular weight excluding hydrogens is 260 g/mol. The van der Waals surface area contributed by atoms with Crippen molar-refractivity contribution in [3.05, 3.63) is 24.3 Å². The molecule has 0 amide bonds. The molecule has 1 aromatic rings. The second-order valence-corrected chi connectivity index (χ2v) is 8.14. The molecule has 0 saturated heterocycles. The fourth-order valence-electron chi connectivity index (χ4n) is 1.61. The third-order valence-electron chi connectivity index (χ3n) is 2.84. The number of rotatable bonds is 5. The first kappa shape index (κ1) is 16.0. The highest BCUT2D eigenvalue weighted by Crippen LogP contribution is 2.24. The molecule has 1 rings (SSSR count). The molecule has 0 aliphatic carbocycles. The van der Waals surface area contributed by atoms with E-state index in [1.165, 1.54) is 4.31 Å². The van der Waals surface area contributed by atoms with Crippen molar-refractivity contribution >= 4 is 15.7 Å². The van der Waals surface area contributed by atoms with Crippen LogP contribution >= 0.6 is 0 Å². The Hall–Kier alpha value is -1.07. The summed E-state index contributed by atoms with van der Waals surface area (Å²) >= 11 is 0. The summed E-state index contributed by atoms with van der Waals surface area (Å²) in [5, 5.41) is 3.22. The van der Waals surface area contributed by atoms with Gasteiger partial charge in [0, 0.05) is 20.6 Å². The third kappa shape index (κ3) is 4.51. The predicted molar refractivity (Wildman–Crippen MR) is 79.9 cm³/mol. The molecule has 0 fully saturated rings. The molecule has 5 heteroatoms. The Labute approximate surface area is 116 Å². The maximum absolute atomic E-state index is 12.2. The van der Waals surface area contributed by atoms with Gasteiger partial charge in [-0.15, -0.1) is 0 Å². The summed E-state index contributed by atoms with van der Waals surface area (Å²) in [5.74, 6) is 0. The molecule has 0 atom stereocenters. The predicted octanol–water partition coefficient (Wildman–Crippen LogP) is 2.79. The van der Waals surface area contributed by atoms with Crippen molar-refractivity contribution in [3.63, 3.8) is 0 Å². The number of nitrogens with one attached hydrogen (secondary N) is 1. The van der Waals surface area contributed by atoms with Gasteiger partial charge in [0.1, 0.15) is 4.90 Å². The van der Waals surface area contributed by atoms with E-state index >= 15 is 0 Å². The van der Waals surface area contributed by atoms with Gasteiger partial charge in [0.05, 0.1) is 5.69 Å². The number of hydrogen-bond acceptors (Lipinski definition) is 3. The van der Waals surface area contributed by atoms with E-state index in [-0.39, 0.29) is 5.41 Å². The van der Waals surface area contributed by atoms with Crippen molar-refractivity contribution < 1.29 is 8.42 Å². The van der Waals surface area contributed by atoms with E-state index in [1.807, 2.05) is 6.07 Å². The topological polar surface area (TPSA) is 49.4 Å². The van der Waals surface area contributed by atoms with Crippen LogP contribution < -0.4 is 5.32 Å². The Kier molecular flexibility index (Phi) is 4.98. The molecule has 1 aromatic carbocycles. The number of nitrogens with zero attached hydrogens (tertiary/aromatic N) is 1. The largest absolute Gasteiger partial charge is 0.384 e.